The number of halogens is 2. The zero-order valence-corrected chi connectivity index (χ0v) is 21.5. The van der Waals surface area contributed by atoms with Crippen LogP contribution in [0.5, 0.6) is 5.75 Å². The second-order valence-electron chi connectivity index (χ2n) is 8.41. The molecule has 0 aliphatic carbocycles. The van der Waals surface area contributed by atoms with E-state index < -0.39 is 6.04 Å². The Balaban J connectivity index is 1.89. The molecule has 0 heterocycles. The molecule has 0 bridgehead atoms. The summed E-state index contributed by atoms with van der Waals surface area (Å²) in [4.78, 5) is 28.4. The minimum Gasteiger partial charge on any atom is -0.484 e. The monoisotopic (exact) mass is 540 g/mol. The Bertz CT molecular complexity index is 1090. The van der Waals surface area contributed by atoms with Crippen LogP contribution in [0, 0.1) is 5.82 Å². The zero-order valence-electron chi connectivity index (χ0n) is 19.9. The van der Waals surface area contributed by atoms with E-state index >= 15 is 0 Å². The first-order chi connectivity index (χ1) is 16.9. The van der Waals surface area contributed by atoms with Crippen molar-refractivity contribution in [3.8, 4) is 5.75 Å². The Morgan fingerprint density at radius 1 is 0.971 bits per heavy atom. The molecule has 5 nitrogen and oxygen atoms in total. The Labute approximate surface area is 214 Å². The standard InChI is InChI=1S/C28H30BrFN2O3/c1-3-20(2)31-28(34)26(17-21-7-5-4-6-8-21)32(18-22-9-13-24(30)14-10-22)27(33)19-35-25-15-11-23(29)12-16-25/h4-16,20,26H,3,17-19H2,1-2H3,(H,31,34)/t20-,26+/m0/s1. The Morgan fingerprint density at radius 2 is 1.63 bits per heavy atom. The molecule has 0 unspecified atom stereocenters. The van der Waals surface area contributed by atoms with E-state index in [0.717, 1.165) is 22.0 Å². The van der Waals surface area contributed by atoms with E-state index in [-0.39, 0.29) is 36.8 Å². The molecule has 0 spiro atoms. The van der Waals surface area contributed by atoms with Gasteiger partial charge in [0, 0.05) is 23.5 Å². The second kappa shape index (κ2) is 13.0. The largest absolute Gasteiger partial charge is 0.484 e. The highest BCUT2D eigenvalue weighted by molar-refractivity contribution is 9.10. The topological polar surface area (TPSA) is 58.6 Å². The highest BCUT2D eigenvalue weighted by atomic mass is 79.9. The van der Waals surface area contributed by atoms with Gasteiger partial charge in [0.25, 0.3) is 5.91 Å². The lowest BCUT2D eigenvalue weighted by molar-refractivity contribution is -0.143. The van der Waals surface area contributed by atoms with Crippen molar-refractivity contribution >= 4 is 27.7 Å². The number of amides is 2. The highest BCUT2D eigenvalue weighted by Gasteiger charge is 2.31. The summed E-state index contributed by atoms with van der Waals surface area (Å²) < 4.78 is 20.1. The van der Waals surface area contributed by atoms with Gasteiger partial charge in [-0.1, -0.05) is 65.3 Å². The van der Waals surface area contributed by atoms with Gasteiger partial charge in [-0.25, -0.2) is 4.39 Å². The van der Waals surface area contributed by atoms with Crippen molar-refractivity contribution in [3.63, 3.8) is 0 Å². The van der Waals surface area contributed by atoms with Gasteiger partial charge in [0.1, 0.15) is 17.6 Å². The number of carbonyl (C=O) groups is 2. The van der Waals surface area contributed by atoms with Gasteiger partial charge < -0.3 is 15.0 Å². The average Bonchev–Trinajstić information content (AvgIpc) is 2.87. The van der Waals surface area contributed by atoms with Crippen LogP contribution in [-0.4, -0.2) is 35.4 Å². The molecule has 0 radical (unpaired) electrons. The molecule has 0 saturated carbocycles. The predicted octanol–water partition coefficient (Wildman–Crippen LogP) is 5.52. The molecule has 3 aromatic carbocycles. The van der Waals surface area contributed by atoms with Crippen LogP contribution in [0.3, 0.4) is 0 Å². The van der Waals surface area contributed by atoms with Gasteiger partial charge >= 0.3 is 0 Å². The smallest absolute Gasteiger partial charge is 0.261 e. The molecule has 2 atom stereocenters. The second-order valence-corrected chi connectivity index (χ2v) is 9.33. The maximum atomic E-state index is 13.5. The third kappa shape index (κ3) is 8.21. The van der Waals surface area contributed by atoms with Crippen LogP contribution in [0.2, 0.25) is 0 Å². The van der Waals surface area contributed by atoms with Gasteiger partial charge in [-0.05, 0) is 60.9 Å². The molecule has 0 aliphatic rings. The van der Waals surface area contributed by atoms with Crippen LogP contribution < -0.4 is 10.1 Å². The maximum Gasteiger partial charge on any atom is 0.261 e. The molecular formula is C28H30BrFN2O3. The number of hydrogen-bond donors (Lipinski definition) is 1. The van der Waals surface area contributed by atoms with Gasteiger partial charge in [0.15, 0.2) is 6.61 Å². The first-order valence-electron chi connectivity index (χ1n) is 11.6. The van der Waals surface area contributed by atoms with Gasteiger partial charge in [0.2, 0.25) is 5.91 Å². The molecule has 0 fully saturated rings. The molecule has 0 aliphatic heterocycles. The first-order valence-corrected chi connectivity index (χ1v) is 12.4. The number of rotatable bonds is 11. The minimum atomic E-state index is -0.766. The summed E-state index contributed by atoms with van der Waals surface area (Å²) in [5, 5.41) is 3.02. The number of carbonyl (C=O) groups excluding carboxylic acids is 2. The third-order valence-electron chi connectivity index (χ3n) is 5.71. The third-order valence-corrected chi connectivity index (χ3v) is 6.24. The van der Waals surface area contributed by atoms with E-state index in [2.05, 4.69) is 21.2 Å². The number of hydrogen-bond acceptors (Lipinski definition) is 3. The van der Waals surface area contributed by atoms with E-state index in [1.165, 1.54) is 17.0 Å². The van der Waals surface area contributed by atoms with Crippen LogP contribution in [0.4, 0.5) is 4.39 Å². The van der Waals surface area contributed by atoms with E-state index in [1.807, 2.05) is 56.3 Å². The molecule has 0 aromatic heterocycles. The average molecular weight is 541 g/mol. The maximum absolute atomic E-state index is 13.5. The van der Waals surface area contributed by atoms with Crippen molar-refractivity contribution in [2.45, 2.75) is 45.3 Å². The fourth-order valence-electron chi connectivity index (χ4n) is 3.54. The van der Waals surface area contributed by atoms with Crippen LogP contribution in [0.1, 0.15) is 31.4 Å². The Hall–Kier alpha value is -3.19. The van der Waals surface area contributed by atoms with Crippen molar-refractivity contribution in [2.24, 2.45) is 0 Å². The van der Waals surface area contributed by atoms with E-state index in [4.69, 9.17) is 4.74 Å². The van der Waals surface area contributed by atoms with Gasteiger partial charge in [0.05, 0.1) is 0 Å². The lowest BCUT2D eigenvalue weighted by Gasteiger charge is -2.32. The fourth-order valence-corrected chi connectivity index (χ4v) is 3.80. The minimum absolute atomic E-state index is 0.0393. The quantitative estimate of drug-likeness (QED) is 0.348. The Kier molecular flexibility index (Phi) is 9.85. The molecule has 0 saturated heterocycles. The van der Waals surface area contributed by atoms with E-state index in [1.54, 1.807) is 24.3 Å². The number of benzene rings is 3. The van der Waals surface area contributed by atoms with Gasteiger partial charge in [-0.3, -0.25) is 9.59 Å². The van der Waals surface area contributed by atoms with Crippen molar-refractivity contribution in [2.75, 3.05) is 6.61 Å². The predicted molar refractivity (Wildman–Crippen MR) is 138 cm³/mol. The molecule has 3 aromatic rings. The van der Waals surface area contributed by atoms with Crippen molar-refractivity contribution in [1.82, 2.24) is 10.2 Å². The molecule has 7 heteroatoms. The lowest BCUT2D eigenvalue weighted by atomic mass is 10.0. The number of ether oxygens (including phenoxy) is 1. The summed E-state index contributed by atoms with van der Waals surface area (Å²) >= 11 is 3.38. The normalized spacial score (nSPS) is 12.5. The summed E-state index contributed by atoms with van der Waals surface area (Å²) in [5.41, 5.74) is 1.65. The highest BCUT2D eigenvalue weighted by Crippen LogP contribution is 2.18. The first kappa shape index (κ1) is 26.4. The van der Waals surface area contributed by atoms with Crippen LogP contribution >= 0.6 is 15.9 Å². The van der Waals surface area contributed by atoms with Gasteiger partial charge in [-0.2, -0.15) is 0 Å². The zero-order chi connectivity index (χ0) is 25.2. The van der Waals surface area contributed by atoms with Gasteiger partial charge in [-0.15, -0.1) is 0 Å². The fraction of sp³-hybridized carbons (Fsp3) is 0.286. The summed E-state index contributed by atoms with van der Waals surface area (Å²) in [6, 6.07) is 21.9. The number of nitrogens with zero attached hydrogens (tertiary/aromatic N) is 1. The summed E-state index contributed by atoms with van der Waals surface area (Å²) in [6.07, 6.45) is 1.11. The van der Waals surface area contributed by atoms with Crippen LogP contribution in [-0.2, 0) is 22.6 Å². The molecule has 3 rings (SSSR count). The molecule has 184 valence electrons. The molecule has 1 N–H and O–H groups in total. The lowest BCUT2D eigenvalue weighted by Crippen LogP contribution is -2.53. The summed E-state index contributed by atoms with van der Waals surface area (Å²) in [6.45, 7) is 3.84. The van der Waals surface area contributed by atoms with Crippen LogP contribution in [0.25, 0.3) is 0 Å². The number of nitrogens with one attached hydrogen (secondary N) is 1. The van der Waals surface area contributed by atoms with Crippen molar-refractivity contribution in [3.05, 3.63) is 100 Å². The van der Waals surface area contributed by atoms with Crippen molar-refractivity contribution in [1.29, 1.82) is 0 Å². The summed E-state index contributed by atoms with van der Waals surface area (Å²) in [7, 11) is 0. The summed E-state index contributed by atoms with van der Waals surface area (Å²) in [5.74, 6) is -0.382. The molecule has 2 amide bonds. The molecule has 35 heavy (non-hydrogen) atoms. The Morgan fingerprint density at radius 3 is 2.26 bits per heavy atom. The SMILES string of the molecule is CC[C@H](C)NC(=O)[C@@H](Cc1ccccc1)N(Cc1ccc(F)cc1)C(=O)COc1ccc(Br)cc1. The van der Waals surface area contributed by atoms with Crippen LogP contribution in [0.15, 0.2) is 83.3 Å². The van der Waals surface area contributed by atoms with Crippen molar-refractivity contribution < 1.29 is 18.7 Å². The van der Waals surface area contributed by atoms with E-state index in [9.17, 15) is 14.0 Å². The van der Waals surface area contributed by atoms with E-state index in [0.29, 0.717) is 12.2 Å². The molecular weight excluding hydrogens is 511 g/mol.